The number of rotatable bonds is 5. The van der Waals surface area contributed by atoms with E-state index in [4.69, 9.17) is 16.3 Å². The van der Waals surface area contributed by atoms with Crippen molar-refractivity contribution < 1.29 is 4.74 Å². The highest BCUT2D eigenvalue weighted by atomic mass is 35.5. The average molecular weight is 197 g/mol. The van der Waals surface area contributed by atoms with E-state index in [1.54, 1.807) is 0 Å². The summed E-state index contributed by atoms with van der Waals surface area (Å²) in [6.07, 6.45) is 4.02. The Morgan fingerprint density at radius 2 is 2.00 bits per heavy atom. The van der Waals surface area contributed by atoms with Gasteiger partial charge in [-0.3, -0.25) is 0 Å². The van der Waals surface area contributed by atoms with Crippen molar-refractivity contribution in [3.05, 3.63) is 42.0 Å². The Bertz CT molecular complexity index is 244. The van der Waals surface area contributed by atoms with Gasteiger partial charge in [0.1, 0.15) is 0 Å². The summed E-state index contributed by atoms with van der Waals surface area (Å²) in [7, 11) is 0. The zero-order chi connectivity index (χ0) is 9.36. The quantitative estimate of drug-likeness (QED) is 0.520. The molecule has 0 unspecified atom stereocenters. The third kappa shape index (κ3) is 4.71. The van der Waals surface area contributed by atoms with Crippen LogP contribution in [0.15, 0.2) is 36.4 Å². The molecule has 0 atom stereocenters. The molecule has 0 aliphatic carbocycles. The summed E-state index contributed by atoms with van der Waals surface area (Å²) in [6.45, 7) is 1.24. The van der Waals surface area contributed by atoms with Gasteiger partial charge in [0.25, 0.3) is 0 Å². The fraction of sp³-hybridized carbons (Fsp3) is 0.273. The van der Waals surface area contributed by atoms with Gasteiger partial charge in [0.2, 0.25) is 0 Å². The van der Waals surface area contributed by atoms with Crippen LogP contribution in [-0.4, -0.2) is 19.1 Å². The van der Waals surface area contributed by atoms with E-state index in [1.807, 2.05) is 30.4 Å². The first-order valence-electron chi connectivity index (χ1n) is 4.29. The smallest absolute Gasteiger partial charge is 0.0651 e. The summed E-state index contributed by atoms with van der Waals surface area (Å²) >= 11 is 5.45. The van der Waals surface area contributed by atoms with E-state index in [0.29, 0.717) is 19.1 Å². The number of hydrogen-bond donors (Lipinski definition) is 0. The highest BCUT2D eigenvalue weighted by Crippen LogP contribution is 2.00. The van der Waals surface area contributed by atoms with Crippen LogP contribution >= 0.6 is 11.6 Å². The third-order valence-corrected chi connectivity index (χ3v) is 1.70. The molecule has 0 aromatic heterocycles. The van der Waals surface area contributed by atoms with E-state index in [0.717, 1.165) is 0 Å². The van der Waals surface area contributed by atoms with Gasteiger partial charge in [-0.2, -0.15) is 0 Å². The predicted octanol–water partition coefficient (Wildman–Crippen LogP) is 2.96. The van der Waals surface area contributed by atoms with Gasteiger partial charge in [0.15, 0.2) is 0 Å². The lowest BCUT2D eigenvalue weighted by atomic mass is 10.2. The first kappa shape index (κ1) is 10.3. The summed E-state index contributed by atoms with van der Waals surface area (Å²) in [5.74, 6) is 0.555. The van der Waals surface area contributed by atoms with E-state index >= 15 is 0 Å². The number of benzene rings is 1. The Kier molecular flexibility index (Phi) is 5.30. The molecule has 13 heavy (non-hydrogen) atoms. The zero-order valence-electron chi connectivity index (χ0n) is 7.45. The molecule has 0 spiro atoms. The first-order valence-corrected chi connectivity index (χ1v) is 4.82. The second-order valence-corrected chi connectivity index (χ2v) is 2.95. The van der Waals surface area contributed by atoms with Gasteiger partial charge < -0.3 is 4.74 Å². The van der Waals surface area contributed by atoms with Crippen LogP contribution in [0.2, 0.25) is 0 Å². The normalized spacial score (nSPS) is 10.8. The summed E-state index contributed by atoms with van der Waals surface area (Å²) in [6, 6.07) is 10.1. The van der Waals surface area contributed by atoms with Crippen molar-refractivity contribution in [3.8, 4) is 0 Å². The fourth-order valence-electron chi connectivity index (χ4n) is 0.954. The lowest BCUT2D eigenvalue weighted by molar-refractivity contribution is 0.180. The van der Waals surface area contributed by atoms with Crippen LogP contribution in [0.4, 0.5) is 0 Å². The van der Waals surface area contributed by atoms with Crippen molar-refractivity contribution in [3.63, 3.8) is 0 Å². The number of ether oxygens (including phenoxy) is 1. The topological polar surface area (TPSA) is 9.23 Å². The van der Waals surface area contributed by atoms with Crippen LogP contribution in [-0.2, 0) is 4.74 Å². The molecule has 0 amide bonds. The molecule has 2 heteroatoms. The molecule has 70 valence electrons. The third-order valence-electron chi connectivity index (χ3n) is 1.55. The van der Waals surface area contributed by atoms with Crippen LogP contribution in [0.5, 0.6) is 0 Å². The molecule has 0 aliphatic rings. The minimum absolute atomic E-state index is 0.555. The molecule has 1 nitrogen and oxygen atoms in total. The second kappa shape index (κ2) is 6.70. The molecular formula is C11H13ClO. The van der Waals surface area contributed by atoms with E-state index in [2.05, 4.69) is 12.1 Å². The summed E-state index contributed by atoms with van der Waals surface area (Å²) in [5.41, 5.74) is 1.19. The molecule has 0 fully saturated rings. The Balaban J connectivity index is 2.25. The summed E-state index contributed by atoms with van der Waals surface area (Å²) < 4.78 is 5.19. The van der Waals surface area contributed by atoms with Gasteiger partial charge in [-0.05, 0) is 5.56 Å². The Morgan fingerprint density at radius 3 is 2.69 bits per heavy atom. The van der Waals surface area contributed by atoms with Crippen molar-refractivity contribution in [1.29, 1.82) is 0 Å². The Hall–Kier alpha value is -0.790. The minimum Gasteiger partial charge on any atom is -0.376 e. The molecule has 0 N–H and O–H groups in total. The van der Waals surface area contributed by atoms with Gasteiger partial charge in [-0.25, -0.2) is 0 Å². The van der Waals surface area contributed by atoms with Crippen LogP contribution in [0.1, 0.15) is 5.56 Å². The van der Waals surface area contributed by atoms with Crippen LogP contribution in [0, 0.1) is 0 Å². The molecule has 0 saturated carbocycles. The SMILES string of the molecule is ClCCOCC=Cc1ccccc1. The molecule has 0 radical (unpaired) electrons. The fourth-order valence-corrected chi connectivity index (χ4v) is 1.06. The molecule has 0 bridgehead atoms. The van der Waals surface area contributed by atoms with Crippen LogP contribution in [0.3, 0.4) is 0 Å². The monoisotopic (exact) mass is 196 g/mol. The molecule has 1 aromatic carbocycles. The molecule has 1 rings (SSSR count). The van der Waals surface area contributed by atoms with E-state index in [9.17, 15) is 0 Å². The summed E-state index contributed by atoms with van der Waals surface area (Å²) in [5, 5.41) is 0. The minimum atomic E-state index is 0.555. The highest BCUT2D eigenvalue weighted by Gasteiger charge is 1.83. The van der Waals surface area contributed by atoms with Crippen molar-refractivity contribution in [2.45, 2.75) is 0 Å². The molecule has 1 aromatic rings. The van der Waals surface area contributed by atoms with Crippen molar-refractivity contribution in [2.24, 2.45) is 0 Å². The van der Waals surface area contributed by atoms with Crippen molar-refractivity contribution in [1.82, 2.24) is 0 Å². The maximum absolute atomic E-state index is 5.45. The number of hydrogen-bond acceptors (Lipinski definition) is 1. The lowest BCUT2D eigenvalue weighted by Crippen LogP contribution is -1.94. The van der Waals surface area contributed by atoms with Gasteiger partial charge in [-0.15, -0.1) is 11.6 Å². The molecule has 0 aliphatic heterocycles. The maximum atomic E-state index is 5.45. The average Bonchev–Trinajstić information content (AvgIpc) is 2.19. The molecule has 0 saturated heterocycles. The molecule has 0 heterocycles. The van der Waals surface area contributed by atoms with Gasteiger partial charge in [0.05, 0.1) is 13.2 Å². The number of halogens is 1. The largest absolute Gasteiger partial charge is 0.376 e. The van der Waals surface area contributed by atoms with Crippen LogP contribution in [0.25, 0.3) is 6.08 Å². The van der Waals surface area contributed by atoms with E-state index in [1.165, 1.54) is 5.56 Å². The first-order chi connectivity index (χ1) is 6.43. The highest BCUT2D eigenvalue weighted by molar-refractivity contribution is 6.17. The predicted molar refractivity (Wildman–Crippen MR) is 57.0 cm³/mol. The standard InChI is InChI=1S/C11H13ClO/c12-8-10-13-9-4-7-11-5-2-1-3-6-11/h1-7H,8-10H2. The zero-order valence-corrected chi connectivity index (χ0v) is 8.20. The Labute approximate surface area is 84.0 Å². The van der Waals surface area contributed by atoms with E-state index < -0.39 is 0 Å². The van der Waals surface area contributed by atoms with Gasteiger partial charge in [-0.1, -0.05) is 42.5 Å². The Morgan fingerprint density at radius 1 is 1.23 bits per heavy atom. The number of alkyl halides is 1. The van der Waals surface area contributed by atoms with E-state index in [-0.39, 0.29) is 0 Å². The van der Waals surface area contributed by atoms with Crippen LogP contribution < -0.4 is 0 Å². The lowest BCUT2D eigenvalue weighted by Gasteiger charge is -1.95. The summed E-state index contributed by atoms with van der Waals surface area (Å²) in [4.78, 5) is 0. The second-order valence-electron chi connectivity index (χ2n) is 2.58. The van der Waals surface area contributed by atoms with Crippen molar-refractivity contribution >= 4 is 17.7 Å². The van der Waals surface area contributed by atoms with Gasteiger partial charge >= 0.3 is 0 Å². The van der Waals surface area contributed by atoms with Gasteiger partial charge in [0, 0.05) is 5.88 Å². The maximum Gasteiger partial charge on any atom is 0.0651 e. The molecular weight excluding hydrogens is 184 g/mol. The van der Waals surface area contributed by atoms with Crippen molar-refractivity contribution in [2.75, 3.05) is 19.1 Å².